The van der Waals surface area contributed by atoms with Crippen molar-refractivity contribution in [3.8, 4) is 0 Å². The first-order valence-electron chi connectivity index (χ1n) is 12.6. The number of hydrogen-bond donors (Lipinski definition) is 2. The quantitative estimate of drug-likeness (QED) is 0.311. The minimum absolute atomic E-state index is 0.0948. The van der Waals surface area contributed by atoms with Crippen molar-refractivity contribution in [2.24, 2.45) is 0 Å². The highest BCUT2D eigenvalue weighted by molar-refractivity contribution is 8.01. The molecule has 1 aliphatic rings. The Morgan fingerprint density at radius 2 is 1.64 bits per heavy atom. The first kappa shape index (κ1) is 26.9. The van der Waals surface area contributed by atoms with E-state index in [1.165, 1.54) is 23.1 Å². The maximum Gasteiger partial charge on any atom is 0.256 e. The maximum atomic E-state index is 13.2. The van der Waals surface area contributed by atoms with Gasteiger partial charge < -0.3 is 20.4 Å². The molecule has 200 valence electrons. The molecule has 0 unspecified atom stereocenters. The Balaban J connectivity index is 1.23. The summed E-state index contributed by atoms with van der Waals surface area (Å²) >= 11 is 2.84. The van der Waals surface area contributed by atoms with E-state index < -0.39 is 0 Å². The van der Waals surface area contributed by atoms with Gasteiger partial charge in [-0.3, -0.25) is 14.4 Å². The highest BCUT2D eigenvalue weighted by Crippen LogP contribution is 2.31. The van der Waals surface area contributed by atoms with Crippen LogP contribution < -0.4 is 10.6 Å². The molecule has 1 aliphatic heterocycles. The number of nitrogens with one attached hydrogen (secondary N) is 2. The number of piperazine rings is 1. The van der Waals surface area contributed by atoms with E-state index in [0.717, 1.165) is 38.9 Å². The summed E-state index contributed by atoms with van der Waals surface area (Å²) in [5.41, 5.74) is 4.02. The molecule has 10 heteroatoms. The Morgan fingerprint density at radius 3 is 2.41 bits per heavy atom. The molecule has 8 nitrogen and oxygen atoms in total. The van der Waals surface area contributed by atoms with E-state index in [2.05, 4.69) is 20.5 Å². The minimum atomic E-state index is -0.334. The fourth-order valence-electron chi connectivity index (χ4n) is 4.34. The molecule has 0 atom stereocenters. The Bertz CT molecular complexity index is 1530. The maximum absolute atomic E-state index is 13.2. The van der Waals surface area contributed by atoms with Gasteiger partial charge in [-0.25, -0.2) is 4.98 Å². The van der Waals surface area contributed by atoms with Gasteiger partial charge >= 0.3 is 0 Å². The average Bonchev–Trinajstić information content (AvgIpc) is 3.34. The summed E-state index contributed by atoms with van der Waals surface area (Å²) < 4.78 is 1.67. The molecule has 0 saturated carbocycles. The Hall–Kier alpha value is -3.73. The third kappa shape index (κ3) is 6.65. The van der Waals surface area contributed by atoms with Crippen molar-refractivity contribution in [1.29, 1.82) is 0 Å². The van der Waals surface area contributed by atoms with E-state index in [-0.39, 0.29) is 23.5 Å². The summed E-state index contributed by atoms with van der Waals surface area (Å²) in [7, 11) is 2.04. The zero-order valence-corrected chi connectivity index (χ0v) is 23.4. The zero-order valence-electron chi connectivity index (χ0n) is 21.8. The number of rotatable bonds is 7. The highest BCUT2D eigenvalue weighted by atomic mass is 32.2. The number of thiazole rings is 1. The Kier molecular flexibility index (Phi) is 8.25. The fraction of sp³-hybridized carbons (Fsp3) is 0.241. The lowest BCUT2D eigenvalue weighted by Crippen LogP contribution is -2.47. The SMILES string of the molecule is Cc1cccc(NC(=O)CSc2nc3ccc(NC(=O)c4ccccc4C(=O)N4CCN(C)CC4)cc3s2)c1. The van der Waals surface area contributed by atoms with Gasteiger partial charge in [-0.15, -0.1) is 11.3 Å². The number of thioether (sulfide) groups is 1. The van der Waals surface area contributed by atoms with Gasteiger partial charge in [0.25, 0.3) is 11.8 Å². The largest absolute Gasteiger partial charge is 0.336 e. The van der Waals surface area contributed by atoms with Crippen LogP contribution in [-0.2, 0) is 4.79 Å². The molecule has 3 aromatic carbocycles. The molecule has 1 aromatic heterocycles. The predicted molar refractivity (Wildman–Crippen MR) is 158 cm³/mol. The van der Waals surface area contributed by atoms with Crippen LogP contribution in [0.1, 0.15) is 26.3 Å². The molecule has 2 N–H and O–H groups in total. The van der Waals surface area contributed by atoms with Gasteiger partial charge in [-0.1, -0.05) is 36.0 Å². The van der Waals surface area contributed by atoms with E-state index in [9.17, 15) is 14.4 Å². The second-order valence-corrected chi connectivity index (χ2v) is 11.7. The third-order valence-corrected chi connectivity index (χ3v) is 8.61. The van der Waals surface area contributed by atoms with Crippen LogP contribution in [0.15, 0.2) is 71.1 Å². The molecule has 0 bridgehead atoms. The summed E-state index contributed by atoms with van der Waals surface area (Å²) in [6.45, 7) is 4.89. The van der Waals surface area contributed by atoms with Crippen LogP contribution in [0, 0.1) is 6.92 Å². The topological polar surface area (TPSA) is 94.6 Å². The predicted octanol–water partition coefficient (Wildman–Crippen LogP) is 4.98. The summed E-state index contributed by atoms with van der Waals surface area (Å²) in [6.07, 6.45) is 0. The third-order valence-electron chi connectivity index (χ3n) is 6.45. The van der Waals surface area contributed by atoms with E-state index in [1.54, 1.807) is 35.2 Å². The first-order valence-corrected chi connectivity index (χ1v) is 14.4. The number of benzene rings is 3. The Morgan fingerprint density at radius 1 is 0.897 bits per heavy atom. The second kappa shape index (κ2) is 12.0. The zero-order chi connectivity index (χ0) is 27.4. The van der Waals surface area contributed by atoms with Crippen molar-refractivity contribution >= 4 is 62.4 Å². The number of carbonyl (C=O) groups excluding carboxylic acids is 3. The van der Waals surface area contributed by atoms with Crippen LogP contribution >= 0.6 is 23.1 Å². The van der Waals surface area contributed by atoms with Gasteiger partial charge in [0.15, 0.2) is 4.34 Å². The molecule has 0 radical (unpaired) electrons. The number of aryl methyl sites for hydroxylation is 1. The molecule has 0 spiro atoms. The van der Waals surface area contributed by atoms with Gasteiger partial charge in [-0.05, 0) is 62.0 Å². The number of aromatic nitrogens is 1. The highest BCUT2D eigenvalue weighted by Gasteiger charge is 2.24. The van der Waals surface area contributed by atoms with E-state index >= 15 is 0 Å². The van der Waals surface area contributed by atoms with Crippen molar-refractivity contribution < 1.29 is 14.4 Å². The average molecular weight is 560 g/mol. The van der Waals surface area contributed by atoms with Crippen molar-refractivity contribution in [3.05, 3.63) is 83.4 Å². The summed E-state index contributed by atoms with van der Waals surface area (Å²) in [5, 5.41) is 5.85. The number of carbonyl (C=O) groups is 3. The van der Waals surface area contributed by atoms with Crippen molar-refractivity contribution in [2.45, 2.75) is 11.3 Å². The van der Waals surface area contributed by atoms with Crippen LogP contribution in [0.3, 0.4) is 0 Å². The lowest BCUT2D eigenvalue weighted by atomic mass is 10.0. The van der Waals surface area contributed by atoms with Crippen molar-refractivity contribution in [2.75, 3.05) is 49.6 Å². The molecule has 3 amide bonds. The van der Waals surface area contributed by atoms with Crippen molar-refractivity contribution in [1.82, 2.24) is 14.8 Å². The molecule has 1 saturated heterocycles. The smallest absolute Gasteiger partial charge is 0.256 e. The van der Waals surface area contributed by atoms with Gasteiger partial charge in [0.1, 0.15) is 0 Å². The monoisotopic (exact) mass is 559 g/mol. The standard InChI is InChI=1S/C29H29N5O3S2/c1-19-6-5-7-20(16-19)30-26(35)18-38-29-32-24-11-10-21(17-25(24)39-29)31-27(36)22-8-3-4-9-23(22)28(37)34-14-12-33(2)13-15-34/h3-11,16-17H,12-15,18H2,1-2H3,(H,30,35)(H,31,36). The van der Waals surface area contributed by atoms with Gasteiger partial charge in [-0.2, -0.15) is 0 Å². The molecular weight excluding hydrogens is 530 g/mol. The summed E-state index contributed by atoms with van der Waals surface area (Å²) in [6, 6.07) is 20.1. The molecule has 5 rings (SSSR count). The van der Waals surface area contributed by atoms with Gasteiger partial charge in [0, 0.05) is 37.6 Å². The summed E-state index contributed by atoms with van der Waals surface area (Å²) in [5.74, 6) is -0.308. The lowest BCUT2D eigenvalue weighted by molar-refractivity contribution is -0.113. The van der Waals surface area contributed by atoms with Gasteiger partial charge in [0.2, 0.25) is 5.91 Å². The summed E-state index contributed by atoms with van der Waals surface area (Å²) in [4.78, 5) is 47.4. The lowest BCUT2D eigenvalue weighted by Gasteiger charge is -2.32. The van der Waals surface area contributed by atoms with Crippen LogP contribution in [-0.4, -0.2) is 71.5 Å². The molecule has 4 aromatic rings. The minimum Gasteiger partial charge on any atom is -0.336 e. The normalized spacial score (nSPS) is 13.8. The van der Waals surface area contributed by atoms with E-state index in [1.807, 2.05) is 50.4 Å². The molecule has 39 heavy (non-hydrogen) atoms. The van der Waals surface area contributed by atoms with Crippen LogP contribution in [0.5, 0.6) is 0 Å². The number of fused-ring (bicyclic) bond motifs is 1. The number of anilines is 2. The number of likely N-dealkylation sites (N-methyl/N-ethyl adjacent to an activating group) is 1. The van der Waals surface area contributed by atoms with Crippen molar-refractivity contribution in [3.63, 3.8) is 0 Å². The van der Waals surface area contributed by atoms with Crippen LogP contribution in [0.25, 0.3) is 10.2 Å². The Labute approximate surface area is 235 Å². The van der Waals surface area contributed by atoms with E-state index in [4.69, 9.17) is 0 Å². The van der Waals surface area contributed by atoms with Gasteiger partial charge in [0.05, 0.1) is 27.1 Å². The first-order chi connectivity index (χ1) is 18.9. The van der Waals surface area contributed by atoms with E-state index in [0.29, 0.717) is 29.9 Å². The number of amides is 3. The fourth-order valence-corrected chi connectivity index (χ4v) is 6.24. The van der Waals surface area contributed by atoms with Crippen LogP contribution in [0.2, 0.25) is 0 Å². The molecule has 2 heterocycles. The number of nitrogens with zero attached hydrogens (tertiary/aromatic N) is 3. The number of hydrogen-bond acceptors (Lipinski definition) is 7. The molecule has 1 fully saturated rings. The van der Waals surface area contributed by atoms with Crippen LogP contribution in [0.4, 0.5) is 11.4 Å². The second-order valence-electron chi connectivity index (χ2n) is 9.46. The molecular formula is C29H29N5O3S2. The molecule has 0 aliphatic carbocycles.